The molecule has 1 N–H and O–H groups in total. The maximum Gasteiger partial charge on any atom is 0.408 e. The van der Waals surface area contributed by atoms with Crippen LogP contribution in [0.15, 0.2) is 59.0 Å². The zero-order chi connectivity index (χ0) is 15.4. The highest BCUT2D eigenvalue weighted by Crippen LogP contribution is 2.28. The van der Waals surface area contributed by atoms with Gasteiger partial charge in [-0.15, -0.1) is 0 Å². The number of amides is 1. The molecule has 5 nitrogen and oxygen atoms in total. The Morgan fingerprint density at radius 3 is 2.64 bits per heavy atom. The summed E-state index contributed by atoms with van der Waals surface area (Å²) in [6.45, 7) is 2.33. The van der Waals surface area contributed by atoms with E-state index in [2.05, 4.69) is 10.3 Å². The summed E-state index contributed by atoms with van der Waals surface area (Å²) < 4.78 is 11.2. The van der Waals surface area contributed by atoms with Gasteiger partial charge in [0.05, 0.1) is 0 Å². The largest absolute Gasteiger partial charge is 0.436 e. The van der Waals surface area contributed by atoms with Crippen LogP contribution in [-0.4, -0.2) is 17.6 Å². The van der Waals surface area contributed by atoms with Gasteiger partial charge in [0.25, 0.3) is 0 Å². The average Bonchev–Trinajstić information content (AvgIpc) is 2.97. The van der Waals surface area contributed by atoms with Crippen molar-refractivity contribution in [3.05, 3.63) is 66.1 Å². The molecule has 0 saturated heterocycles. The molecule has 0 spiro atoms. The van der Waals surface area contributed by atoms with E-state index < -0.39 is 12.2 Å². The topological polar surface area (TPSA) is 64.4 Å². The van der Waals surface area contributed by atoms with Crippen LogP contribution in [0.5, 0.6) is 0 Å². The van der Waals surface area contributed by atoms with E-state index in [4.69, 9.17) is 9.15 Å². The predicted octanol–water partition coefficient (Wildman–Crippen LogP) is 3.66. The van der Waals surface area contributed by atoms with E-state index in [0.717, 1.165) is 11.1 Å². The summed E-state index contributed by atoms with van der Waals surface area (Å²) in [5, 5.41) is 2.62. The van der Waals surface area contributed by atoms with Crippen LogP contribution in [0, 0.1) is 0 Å². The number of para-hydroxylation sites is 2. The fraction of sp³-hybridized carbons (Fsp3) is 0.176. The highest BCUT2D eigenvalue weighted by molar-refractivity contribution is 5.72. The molecule has 0 bridgehead atoms. The Morgan fingerprint density at radius 2 is 1.91 bits per heavy atom. The van der Waals surface area contributed by atoms with Gasteiger partial charge in [-0.2, -0.15) is 0 Å². The Hall–Kier alpha value is -2.82. The molecule has 0 radical (unpaired) electrons. The van der Waals surface area contributed by atoms with Crippen LogP contribution in [0.25, 0.3) is 11.1 Å². The molecule has 0 fully saturated rings. The van der Waals surface area contributed by atoms with Gasteiger partial charge < -0.3 is 14.5 Å². The molecule has 112 valence electrons. The molecule has 1 atom stereocenters. The van der Waals surface area contributed by atoms with Crippen LogP contribution >= 0.6 is 0 Å². The average molecular weight is 296 g/mol. The number of fused-ring (bicyclic) bond motifs is 1. The molecule has 5 heteroatoms. The lowest BCUT2D eigenvalue weighted by molar-refractivity contribution is 0.104. The molecule has 1 unspecified atom stereocenters. The van der Waals surface area contributed by atoms with Gasteiger partial charge >= 0.3 is 6.09 Å². The van der Waals surface area contributed by atoms with Gasteiger partial charge in [-0.05, 0) is 19.1 Å². The van der Waals surface area contributed by atoms with Crippen LogP contribution in [0.4, 0.5) is 4.79 Å². The van der Waals surface area contributed by atoms with E-state index in [-0.39, 0.29) is 0 Å². The summed E-state index contributed by atoms with van der Waals surface area (Å²) in [6, 6.07) is 16.9. The molecule has 3 aromatic rings. The molecule has 0 aliphatic heterocycles. The monoisotopic (exact) mass is 296 g/mol. The van der Waals surface area contributed by atoms with Crippen LogP contribution < -0.4 is 5.32 Å². The number of benzene rings is 2. The maximum atomic E-state index is 11.8. The van der Waals surface area contributed by atoms with Gasteiger partial charge in [-0.1, -0.05) is 42.5 Å². The first kappa shape index (κ1) is 14.1. The molecule has 1 aromatic heterocycles. The van der Waals surface area contributed by atoms with E-state index in [1.807, 2.05) is 61.5 Å². The summed E-state index contributed by atoms with van der Waals surface area (Å²) in [7, 11) is 0. The number of alkyl carbamates (subject to hydrolysis) is 1. The number of nitrogens with one attached hydrogen (secondary N) is 1. The number of carbonyl (C=O) groups excluding carboxylic acids is 1. The molecule has 22 heavy (non-hydrogen) atoms. The number of nitrogens with zero attached hydrogens (tertiary/aromatic N) is 1. The van der Waals surface area contributed by atoms with Crippen molar-refractivity contribution in [1.82, 2.24) is 10.3 Å². The van der Waals surface area contributed by atoms with Crippen LogP contribution in [-0.2, 0) is 4.74 Å². The van der Waals surface area contributed by atoms with Gasteiger partial charge in [-0.25, -0.2) is 9.78 Å². The second-order valence-corrected chi connectivity index (χ2v) is 4.75. The van der Waals surface area contributed by atoms with E-state index in [9.17, 15) is 4.79 Å². The summed E-state index contributed by atoms with van der Waals surface area (Å²) in [5.74, 6) is 0.360. The smallest absolute Gasteiger partial charge is 0.408 e. The number of carbonyl (C=O) groups is 1. The van der Waals surface area contributed by atoms with Crippen molar-refractivity contribution in [2.45, 2.75) is 13.0 Å². The minimum absolute atomic E-state index is 0.360. The molecule has 1 heterocycles. The Labute approximate surface area is 127 Å². The number of hydrogen-bond acceptors (Lipinski definition) is 4. The highest BCUT2D eigenvalue weighted by Gasteiger charge is 2.24. The fourth-order valence-corrected chi connectivity index (χ4v) is 2.18. The van der Waals surface area contributed by atoms with Gasteiger partial charge in [0.15, 0.2) is 5.58 Å². The second-order valence-electron chi connectivity index (χ2n) is 4.75. The zero-order valence-corrected chi connectivity index (χ0v) is 12.2. The van der Waals surface area contributed by atoms with Crippen molar-refractivity contribution >= 4 is 17.2 Å². The number of oxazole rings is 1. The summed E-state index contributed by atoms with van der Waals surface area (Å²) in [6.07, 6.45) is -1.18. The van der Waals surface area contributed by atoms with Crippen molar-refractivity contribution < 1.29 is 13.9 Å². The fourth-order valence-electron chi connectivity index (χ4n) is 2.18. The Balaban J connectivity index is 1.98. The van der Waals surface area contributed by atoms with Crippen molar-refractivity contribution in [2.24, 2.45) is 0 Å². The molecule has 1 amide bonds. The Kier molecular flexibility index (Phi) is 4.05. The van der Waals surface area contributed by atoms with Gasteiger partial charge in [-0.3, -0.25) is 0 Å². The van der Waals surface area contributed by atoms with Crippen LogP contribution in [0.2, 0.25) is 0 Å². The normalized spacial score (nSPS) is 12.0. The van der Waals surface area contributed by atoms with E-state index in [1.54, 1.807) is 0 Å². The quantitative estimate of drug-likeness (QED) is 0.798. The van der Waals surface area contributed by atoms with Crippen molar-refractivity contribution in [1.29, 1.82) is 0 Å². The second kappa shape index (κ2) is 6.30. The standard InChI is InChI=1S/C17H16N2O3/c1-2-18-17(20)22-15(12-8-4-3-5-9-12)16-19-13-10-6-7-11-14(13)21-16/h3-11,15H,2H2,1H3,(H,18,20). The molecule has 0 aliphatic rings. The Bertz CT molecular complexity index is 735. The Morgan fingerprint density at radius 1 is 1.18 bits per heavy atom. The lowest BCUT2D eigenvalue weighted by Gasteiger charge is -2.15. The SMILES string of the molecule is CCNC(=O)OC(c1ccccc1)c1nc2ccccc2o1. The van der Waals surface area contributed by atoms with Crippen molar-refractivity contribution in [3.8, 4) is 0 Å². The number of aromatic nitrogens is 1. The van der Waals surface area contributed by atoms with Gasteiger partial charge in [0, 0.05) is 12.1 Å². The van der Waals surface area contributed by atoms with Gasteiger partial charge in [0.1, 0.15) is 5.52 Å². The predicted molar refractivity (Wildman–Crippen MR) is 82.5 cm³/mol. The summed E-state index contributed by atoms with van der Waals surface area (Å²) in [5.41, 5.74) is 2.20. The van der Waals surface area contributed by atoms with E-state index in [0.29, 0.717) is 18.0 Å². The maximum absolute atomic E-state index is 11.8. The summed E-state index contributed by atoms with van der Waals surface area (Å²) in [4.78, 5) is 16.2. The van der Waals surface area contributed by atoms with E-state index >= 15 is 0 Å². The lowest BCUT2D eigenvalue weighted by atomic mass is 10.1. The minimum atomic E-state index is -0.680. The number of ether oxygens (including phenoxy) is 1. The number of rotatable bonds is 4. The van der Waals surface area contributed by atoms with E-state index in [1.165, 1.54) is 0 Å². The lowest BCUT2D eigenvalue weighted by Crippen LogP contribution is -2.26. The highest BCUT2D eigenvalue weighted by atomic mass is 16.6. The van der Waals surface area contributed by atoms with Crippen LogP contribution in [0.3, 0.4) is 0 Å². The molecular weight excluding hydrogens is 280 g/mol. The molecule has 0 saturated carbocycles. The third-order valence-corrected chi connectivity index (χ3v) is 3.18. The molecule has 3 rings (SSSR count). The third-order valence-electron chi connectivity index (χ3n) is 3.18. The molecule has 2 aromatic carbocycles. The van der Waals surface area contributed by atoms with Crippen molar-refractivity contribution in [2.75, 3.05) is 6.54 Å². The first-order valence-corrected chi connectivity index (χ1v) is 7.13. The first-order valence-electron chi connectivity index (χ1n) is 7.13. The third kappa shape index (κ3) is 2.93. The molecule has 0 aliphatic carbocycles. The first-order chi connectivity index (χ1) is 10.8. The molecular formula is C17H16N2O3. The van der Waals surface area contributed by atoms with Gasteiger partial charge in [0.2, 0.25) is 12.0 Å². The minimum Gasteiger partial charge on any atom is -0.436 e. The van der Waals surface area contributed by atoms with Crippen molar-refractivity contribution in [3.63, 3.8) is 0 Å². The van der Waals surface area contributed by atoms with Crippen LogP contribution in [0.1, 0.15) is 24.5 Å². The number of hydrogen-bond donors (Lipinski definition) is 1. The zero-order valence-electron chi connectivity index (χ0n) is 12.2. The summed E-state index contributed by atoms with van der Waals surface area (Å²) >= 11 is 0.